The van der Waals surface area contributed by atoms with E-state index in [0.29, 0.717) is 4.99 Å². The number of hydrogen-bond donors (Lipinski definition) is 1. The molecule has 0 aromatic heterocycles. The fraction of sp³-hybridized carbons (Fsp3) is 0.667. The minimum absolute atomic E-state index is 0.0595. The normalized spacial score (nSPS) is 24.6. The highest BCUT2D eigenvalue weighted by atomic mass is 32.2. The molecule has 1 N–H and O–H groups in total. The Balaban J connectivity index is 2.57. The molecule has 1 heterocycles. The summed E-state index contributed by atoms with van der Waals surface area (Å²) in [6.45, 7) is 6.66. The number of carbonyl (C=O) groups excluding carboxylic acids is 1. The fourth-order valence-corrected chi connectivity index (χ4v) is 4.10. The lowest BCUT2D eigenvalue weighted by Crippen LogP contribution is -2.20. The zero-order valence-electron chi connectivity index (χ0n) is 8.47. The summed E-state index contributed by atoms with van der Waals surface area (Å²) >= 11 is 1.71. The lowest BCUT2D eigenvalue weighted by Gasteiger charge is -2.25. The highest BCUT2D eigenvalue weighted by Gasteiger charge is 2.31. The van der Waals surface area contributed by atoms with Gasteiger partial charge in [-0.05, 0) is 11.2 Å². The smallest absolute Gasteiger partial charge is 0.257 e. The Morgan fingerprint density at radius 2 is 2.23 bits per heavy atom. The highest BCUT2D eigenvalue weighted by Crippen LogP contribution is 2.52. The van der Waals surface area contributed by atoms with Crippen molar-refractivity contribution in [1.82, 2.24) is 5.32 Å². The van der Waals surface area contributed by atoms with Crippen LogP contribution in [0.4, 0.5) is 0 Å². The number of likely N-dealkylation sites (N-methyl/N-ethyl adjacent to an activating group) is 1. The molecule has 1 aliphatic heterocycles. The molecule has 0 aliphatic carbocycles. The van der Waals surface area contributed by atoms with Crippen LogP contribution >= 0.6 is 20.3 Å². The second-order valence-electron chi connectivity index (χ2n) is 4.12. The maximum atomic E-state index is 11.3. The molecule has 0 saturated heterocycles. The van der Waals surface area contributed by atoms with Crippen molar-refractivity contribution in [2.24, 2.45) is 5.41 Å². The Morgan fingerprint density at radius 1 is 1.62 bits per heavy atom. The highest BCUT2D eigenvalue weighted by molar-refractivity contribution is 8.10. The second-order valence-corrected chi connectivity index (χ2v) is 6.88. The molecule has 0 aromatic carbocycles. The molecule has 0 radical (unpaired) electrons. The Bertz CT molecular complexity index is 244. The van der Waals surface area contributed by atoms with Crippen molar-refractivity contribution in [3.63, 3.8) is 0 Å². The van der Waals surface area contributed by atoms with E-state index >= 15 is 0 Å². The van der Waals surface area contributed by atoms with Crippen molar-refractivity contribution in [2.45, 2.75) is 25.8 Å². The Hall–Kier alpha value is -0.0100. The standard InChI is InChI=1S/C9H16NOPS/c1-9(2,3)8-12-5-6(13-8)7(11)10-4/h5,8,12H,1-4H3,(H,10,11). The van der Waals surface area contributed by atoms with E-state index in [4.69, 9.17) is 0 Å². The summed E-state index contributed by atoms with van der Waals surface area (Å²) < 4.78 is 0. The molecule has 0 spiro atoms. The van der Waals surface area contributed by atoms with Crippen LogP contribution in [0, 0.1) is 5.41 Å². The Kier molecular flexibility index (Phi) is 3.42. The summed E-state index contributed by atoms with van der Waals surface area (Å²) in [5.41, 5.74) is 0.287. The fourth-order valence-electron chi connectivity index (χ4n) is 1.02. The van der Waals surface area contributed by atoms with Crippen LogP contribution in [0.25, 0.3) is 0 Å². The molecule has 4 heteroatoms. The summed E-state index contributed by atoms with van der Waals surface area (Å²) in [5, 5.41) is 2.66. The van der Waals surface area contributed by atoms with Gasteiger partial charge in [0.05, 0.1) is 4.91 Å². The molecular weight excluding hydrogens is 201 g/mol. The van der Waals surface area contributed by atoms with Crippen molar-refractivity contribution < 1.29 is 4.79 Å². The van der Waals surface area contributed by atoms with Crippen molar-refractivity contribution in [3.05, 3.63) is 10.7 Å². The number of nitrogens with one attached hydrogen (secondary N) is 1. The van der Waals surface area contributed by atoms with Crippen molar-refractivity contribution in [3.8, 4) is 0 Å². The van der Waals surface area contributed by atoms with Gasteiger partial charge in [0.15, 0.2) is 0 Å². The predicted molar refractivity (Wildman–Crippen MR) is 61.3 cm³/mol. The summed E-state index contributed by atoms with van der Waals surface area (Å²) in [5.74, 6) is 2.13. The van der Waals surface area contributed by atoms with Gasteiger partial charge in [-0.25, -0.2) is 0 Å². The van der Waals surface area contributed by atoms with E-state index in [2.05, 4.69) is 31.9 Å². The number of carbonyl (C=O) groups is 1. The zero-order chi connectivity index (χ0) is 10.1. The van der Waals surface area contributed by atoms with Gasteiger partial charge in [0.2, 0.25) is 0 Å². The predicted octanol–water partition coefficient (Wildman–Crippen LogP) is 2.37. The van der Waals surface area contributed by atoms with Crippen LogP contribution in [-0.2, 0) is 4.79 Å². The van der Waals surface area contributed by atoms with Crippen molar-refractivity contribution >= 4 is 26.2 Å². The van der Waals surface area contributed by atoms with Crippen LogP contribution < -0.4 is 5.32 Å². The number of amides is 1. The van der Waals surface area contributed by atoms with Crippen LogP contribution in [-0.4, -0.2) is 17.9 Å². The van der Waals surface area contributed by atoms with Gasteiger partial charge in [0.25, 0.3) is 5.91 Å². The van der Waals surface area contributed by atoms with Crippen LogP contribution in [0.2, 0.25) is 0 Å². The number of hydrogen-bond acceptors (Lipinski definition) is 2. The third-order valence-electron chi connectivity index (χ3n) is 1.85. The van der Waals surface area contributed by atoms with Gasteiger partial charge in [-0.2, -0.15) is 0 Å². The summed E-state index contributed by atoms with van der Waals surface area (Å²) in [4.78, 5) is 12.7. The zero-order valence-corrected chi connectivity index (χ0v) is 10.3. The van der Waals surface area contributed by atoms with Gasteiger partial charge >= 0.3 is 0 Å². The first-order valence-electron chi connectivity index (χ1n) is 4.30. The van der Waals surface area contributed by atoms with E-state index in [1.165, 1.54) is 0 Å². The molecule has 0 fully saturated rings. The van der Waals surface area contributed by atoms with E-state index in [1.807, 2.05) is 0 Å². The molecule has 1 amide bonds. The van der Waals surface area contributed by atoms with E-state index in [-0.39, 0.29) is 11.3 Å². The van der Waals surface area contributed by atoms with Gasteiger partial charge in [-0.1, -0.05) is 29.4 Å². The number of rotatable bonds is 1. The van der Waals surface area contributed by atoms with Crippen molar-refractivity contribution in [2.75, 3.05) is 7.05 Å². The van der Waals surface area contributed by atoms with Gasteiger partial charge < -0.3 is 5.32 Å². The largest absolute Gasteiger partial charge is 0.355 e. The van der Waals surface area contributed by atoms with E-state index < -0.39 is 0 Å². The monoisotopic (exact) mass is 217 g/mol. The minimum Gasteiger partial charge on any atom is -0.355 e. The van der Waals surface area contributed by atoms with Gasteiger partial charge in [0.1, 0.15) is 0 Å². The van der Waals surface area contributed by atoms with Crippen LogP contribution in [0.3, 0.4) is 0 Å². The van der Waals surface area contributed by atoms with Crippen LogP contribution in [0.1, 0.15) is 20.8 Å². The molecule has 2 unspecified atom stereocenters. The van der Waals surface area contributed by atoms with E-state index in [1.54, 1.807) is 18.8 Å². The molecule has 0 bridgehead atoms. The molecule has 0 aromatic rings. The lowest BCUT2D eigenvalue weighted by atomic mass is 10.0. The second kappa shape index (κ2) is 4.02. The van der Waals surface area contributed by atoms with Gasteiger partial charge in [-0.15, -0.1) is 11.8 Å². The summed E-state index contributed by atoms with van der Waals surface area (Å²) in [6, 6.07) is 0. The molecule has 2 atom stereocenters. The SMILES string of the molecule is CNC(=O)C1=CPC(C(C)(C)C)S1. The molecule has 1 rings (SSSR count). The van der Waals surface area contributed by atoms with Crippen LogP contribution in [0.15, 0.2) is 10.7 Å². The first kappa shape index (κ1) is 11.1. The minimum atomic E-state index is 0.0595. The first-order chi connectivity index (χ1) is 5.95. The summed E-state index contributed by atoms with van der Waals surface area (Å²) in [6.07, 6.45) is 0. The molecule has 2 nitrogen and oxygen atoms in total. The van der Waals surface area contributed by atoms with Crippen molar-refractivity contribution in [1.29, 1.82) is 0 Å². The molecule has 13 heavy (non-hydrogen) atoms. The molecule has 0 saturated carbocycles. The summed E-state index contributed by atoms with van der Waals surface area (Å²) in [7, 11) is 2.45. The quantitative estimate of drug-likeness (QED) is 0.683. The maximum Gasteiger partial charge on any atom is 0.257 e. The van der Waals surface area contributed by atoms with Gasteiger partial charge in [-0.3, -0.25) is 4.79 Å². The average Bonchev–Trinajstić information content (AvgIpc) is 2.50. The van der Waals surface area contributed by atoms with Crippen LogP contribution in [0.5, 0.6) is 0 Å². The lowest BCUT2D eigenvalue weighted by molar-refractivity contribution is -0.116. The van der Waals surface area contributed by atoms with E-state index in [9.17, 15) is 4.79 Å². The topological polar surface area (TPSA) is 29.1 Å². The molecular formula is C9H16NOPS. The molecule has 1 aliphatic rings. The third kappa shape index (κ3) is 2.72. The van der Waals surface area contributed by atoms with Gasteiger partial charge in [0, 0.05) is 12.0 Å². The Labute approximate surface area is 85.7 Å². The maximum absolute atomic E-state index is 11.3. The average molecular weight is 217 g/mol. The third-order valence-corrected chi connectivity index (χ3v) is 5.94. The molecule has 74 valence electrons. The Morgan fingerprint density at radius 3 is 2.62 bits per heavy atom. The first-order valence-corrected chi connectivity index (χ1v) is 6.33. The van der Waals surface area contributed by atoms with E-state index in [0.717, 1.165) is 13.5 Å². The number of thioether (sulfide) groups is 1.